The second-order valence-electron chi connectivity index (χ2n) is 4.98. The van der Waals surface area contributed by atoms with Gasteiger partial charge in [0.1, 0.15) is 4.21 Å². The van der Waals surface area contributed by atoms with Gasteiger partial charge in [0, 0.05) is 0 Å². The third-order valence-electron chi connectivity index (χ3n) is 3.32. The van der Waals surface area contributed by atoms with Crippen LogP contribution in [-0.2, 0) is 14.8 Å². The Balaban J connectivity index is 2.54. The number of hydrogen-bond acceptors (Lipinski definition) is 5. The molecule has 0 atom stereocenters. The molecule has 7 heteroatoms. The standard InChI is InChI=1S/C17H19NO4S2/c1-4-10-18(24(20,21)16-7-6-11-23-16)15-12-14(9-8-13(15)3)17(19)22-5-2/h4,6-9,11-12H,1,5,10H2,2-3H3. The van der Waals surface area contributed by atoms with Gasteiger partial charge < -0.3 is 4.74 Å². The monoisotopic (exact) mass is 365 g/mol. The quantitative estimate of drug-likeness (QED) is 0.555. The Kier molecular flexibility index (Phi) is 5.80. The van der Waals surface area contributed by atoms with E-state index in [4.69, 9.17) is 4.74 Å². The Bertz CT molecular complexity index is 826. The van der Waals surface area contributed by atoms with E-state index in [9.17, 15) is 13.2 Å². The molecule has 0 amide bonds. The predicted molar refractivity (Wildman–Crippen MR) is 96.2 cm³/mol. The zero-order valence-electron chi connectivity index (χ0n) is 13.6. The molecular formula is C17H19NO4S2. The molecule has 0 saturated heterocycles. The maximum Gasteiger partial charge on any atom is 0.338 e. The SMILES string of the molecule is C=CCN(c1cc(C(=O)OCC)ccc1C)S(=O)(=O)c1cccs1. The van der Waals surface area contributed by atoms with Crippen molar-refractivity contribution in [3.8, 4) is 0 Å². The Morgan fingerprint density at radius 1 is 1.38 bits per heavy atom. The molecule has 2 rings (SSSR count). The highest BCUT2D eigenvalue weighted by atomic mass is 32.2. The molecule has 5 nitrogen and oxygen atoms in total. The normalized spacial score (nSPS) is 11.1. The van der Waals surface area contributed by atoms with Gasteiger partial charge in [0.2, 0.25) is 0 Å². The molecule has 0 bridgehead atoms. The van der Waals surface area contributed by atoms with Gasteiger partial charge in [-0.2, -0.15) is 0 Å². The molecule has 1 heterocycles. The number of ether oxygens (including phenoxy) is 1. The summed E-state index contributed by atoms with van der Waals surface area (Å²) >= 11 is 1.15. The summed E-state index contributed by atoms with van der Waals surface area (Å²) in [5.74, 6) is -0.481. The Labute approximate surface area is 146 Å². The Morgan fingerprint density at radius 3 is 2.71 bits per heavy atom. The van der Waals surface area contributed by atoms with Crippen molar-refractivity contribution in [3.05, 3.63) is 59.5 Å². The molecule has 0 unspecified atom stereocenters. The lowest BCUT2D eigenvalue weighted by atomic mass is 10.1. The fourth-order valence-electron chi connectivity index (χ4n) is 2.18. The van der Waals surface area contributed by atoms with Crippen molar-refractivity contribution in [1.29, 1.82) is 0 Å². The number of thiophene rings is 1. The highest BCUT2D eigenvalue weighted by molar-refractivity contribution is 7.94. The third kappa shape index (κ3) is 3.68. The summed E-state index contributed by atoms with van der Waals surface area (Å²) in [6.07, 6.45) is 1.52. The average molecular weight is 365 g/mol. The van der Waals surface area contributed by atoms with E-state index >= 15 is 0 Å². The van der Waals surface area contributed by atoms with Crippen LogP contribution in [0.25, 0.3) is 0 Å². The molecule has 0 aliphatic carbocycles. The van der Waals surface area contributed by atoms with Gasteiger partial charge in [-0.1, -0.05) is 18.2 Å². The van der Waals surface area contributed by atoms with Crippen molar-refractivity contribution >= 4 is 33.0 Å². The average Bonchev–Trinajstić information content (AvgIpc) is 3.09. The predicted octanol–water partition coefficient (Wildman–Crippen LogP) is 3.61. The van der Waals surface area contributed by atoms with E-state index in [1.54, 1.807) is 49.6 Å². The number of benzene rings is 1. The summed E-state index contributed by atoms with van der Waals surface area (Å²) < 4.78 is 32.3. The number of sulfonamides is 1. The molecule has 0 N–H and O–H groups in total. The minimum Gasteiger partial charge on any atom is -0.462 e. The molecule has 128 valence electrons. The smallest absolute Gasteiger partial charge is 0.338 e. The number of nitrogens with zero attached hydrogens (tertiary/aromatic N) is 1. The van der Waals surface area contributed by atoms with Crippen molar-refractivity contribution in [2.24, 2.45) is 0 Å². The van der Waals surface area contributed by atoms with E-state index in [1.165, 1.54) is 10.4 Å². The largest absolute Gasteiger partial charge is 0.462 e. The van der Waals surface area contributed by atoms with Gasteiger partial charge in [0.15, 0.2) is 0 Å². The second-order valence-corrected chi connectivity index (χ2v) is 8.02. The lowest BCUT2D eigenvalue weighted by Crippen LogP contribution is -2.31. The van der Waals surface area contributed by atoms with E-state index < -0.39 is 16.0 Å². The minimum atomic E-state index is -3.72. The van der Waals surface area contributed by atoms with Gasteiger partial charge in [-0.3, -0.25) is 4.31 Å². The lowest BCUT2D eigenvalue weighted by Gasteiger charge is -2.24. The zero-order valence-corrected chi connectivity index (χ0v) is 15.2. The van der Waals surface area contributed by atoms with Crippen LogP contribution in [0.2, 0.25) is 0 Å². The highest BCUT2D eigenvalue weighted by Crippen LogP contribution is 2.30. The van der Waals surface area contributed by atoms with Crippen LogP contribution in [0.3, 0.4) is 0 Å². The summed E-state index contributed by atoms with van der Waals surface area (Å²) in [5.41, 5.74) is 1.49. The Hall–Kier alpha value is -2.12. The molecule has 0 radical (unpaired) electrons. The van der Waals surface area contributed by atoms with Gasteiger partial charge in [-0.05, 0) is 43.0 Å². The van der Waals surface area contributed by atoms with E-state index in [1.807, 2.05) is 0 Å². The molecule has 24 heavy (non-hydrogen) atoms. The van der Waals surface area contributed by atoms with Crippen molar-refractivity contribution in [2.45, 2.75) is 18.1 Å². The summed E-state index contributed by atoms with van der Waals surface area (Å²) in [5, 5.41) is 1.71. The van der Waals surface area contributed by atoms with E-state index in [0.717, 1.165) is 16.9 Å². The minimum absolute atomic E-state index is 0.105. The lowest BCUT2D eigenvalue weighted by molar-refractivity contribution is 0.0526. The number of esters is 1. The maximum atomic E-state index is 12.9. The number of hydrogen-bond donors (Lipinski definition) is 0. The Morgan fingerprint density at radius 2 is 2.12 bits per heavy atom. The summed E-state index contributed by atoms with van der Waals surface area (Å²) in [7, 11) is -3.72. The zero-order chi connectivity index (χ0) is 17.7. The molecule has 1 aromatic carbocycles. The molecular weight excluding hydrogens is 346 g/mol. The van der Waals surface area contributed by atoms with Gasteiger partial charge in [-0.25, -0.2) is 13.2 Å². The summed E-state index contributed by atoms with van der Waals surface area (Å²) in [6, 6.07) is 8.12. The van der Waals surface area contributed by atoms with Crippen molar-refractivity contribution in [3.63, 3.8) is 0 Å². The third-order valence-corrected chi connectivity index (χ3v) is 6.48. The topological polar surface area (TPSA) is 63.7 Å². The van der Waals surface area contributed by atoms with Crippen molar-refractivity contribution < 1.29 is 17.9 Å². The number of aryl methyl sites for hydroxylation is 1. The van der Waals surface area contributed by atoms with Crippen molar-refractivity contribution in [2.75, 3.05) is 17.5 Å². The van der Waals surface area contributed by atoms with Gasteiger partial charge in [-0.15, -0.1) is 17.9 Å². The van der Waals surface area contributed by atoms with Crippen LogP contribution in [0, 0.1) is 6.92 Å². The van der Waals surface area contributed by atoms with Crippen LogP contribution < -0.4 is 4.31 Å². The first-order valence-electron chi connectivity index (χ1n) is 7.36. The fourth-order valence-corrected chi connectivity index (χ4v) is 4.78. The molecule has 0 aliphatic rings. The van der Waals surface area contributed by atoms with Gasteiger partial charge >= 0.3 is 5.97 Å². The van der Waals surface area contributed by atoms with Crippen LogP contribution in [-0.4, -0.2) is 27.5 Å². The summed E-state index contributed by atoms with van der Waals surface area (Å²) in [4.78, 5) is 12.0. The van der Waals surface area contributed by atoms with Crippen LogP contribution in [0.15, 0.2) is 52.6 Å². The molecule has 0 aliphatic heterocycles. The van der Waals surface area contributed by atoms with E-state index in [0.29, 0.717) is 11.3 Å². The molecule has 2 aromatic rings. The van der Waals surface area contributed by atoms with Gasteiger partial charge in [0.05, 0.1) is 24.4 Å². The van der Waals surface area contributed by atoms with Crippen LogP contribution in [0.1, 0.15) is 22.8 Å². The van der Waals surface area contributed by atoms with Crippen LogP contribution in [0.5, 0.6) is 0 Å². The van der Waals surface area contributed by atoms with Crippen molar-refractivity contribution in [1.82, 2.24) is 0 Å². The number of carbonyl (C=O) groups is 1. The van der Waals surface area contributed by atoms with E-state index in [-0.39, 0.29) is 17.4 Å². The first kappa shape index (κ1) is 18.2. The molecule has 0 fully saturated rings. The first-order valence-corrected chi connectivity index (χ1v) is 9.68. The number of carbonyl (C=O) groups excluding carboxylic acids is 1. The molecule has 0 spiro atoms. The van der Waals surface area contributed by atoms with Crippen LogP contribution >= 0.6 is 11.3 Å². The highest BCUT2D eigenvalue weighted by Gasteiger charge is 2.26. The first-order chi connectivity index (χ1) is 11.4. The molecule has 1 aromatic heterocycles. The summed E-state index contributed by atoms with van der Waals surface area (Å²) in [6.45, 7) is 7.52. The second kappa shape index (κ2) is 7.63. The fraction of sp³-hybridized carbons (Fsp3) is 0.235. The van der Waals surface area contributed by atoms with Gasteiger partial charge in [0.25, 0.3) is 10.0 Å². The maximum absolute atomic E-state index is 12.9. The van der Waals surface area contributed by atoms with E-state index in [2.05, 4.69) is 6.58 Å². The number of rotatable bonds is 7. The van der Waals surface area contributed by atoms with Crippen LogP contribution in [0.4, 0.5) is 5.69 Å². The number of anilines is 1. The molecule has 0 saturated carbocycles.